The van der Waals surface area contributed by atoms with Crippen LogP contribution in [0.4, 0.5) is 0 Å². The third-order valence-corrected chi connectivity index (χ3v) is 4.84. The number of ether oxygens (including phenoxy) is 1. The second-order valence-corrected chi connectivity index (χ2v) is 6.33. The van der Waals surface area contributed by atoms with Crippen LogP contribution in [0.25, 0.3) is 0 Å². The highest BCUT2D eigenvalue weighted by molar-refractivity contribution is 7.98. The summed E-state index contributed by atoms with van der Waals surface area (Å²) >= 11 is 1.67. The van der Waals surface area contributed by atoms with Crippen molar-refractivity contribution < 1.29 is 14.4 Å². The molecular weight excluding hydrogens is 322 g/mol. The summed E-state index contributed by atoms with van der Waals surface area (Å²) in [5, 5.41) is 3.86. The van der Waals surface area contributed by atoms with Crippen molar-refractivity contribution >= 4 is 23.4 Å². The Bertz CT molecular complexity index is 739. The van der Waals surface area contributed by atoms with Gasteiger partial charge in [-0.05, 0) is 25.0 Å². The first-order valence-electron chi connectivity index (χ1n) is 7.54. The van der Waals surface area contributed by atoms with Gasteiger partial charge >= 0.3 is 5.97 Å². The molecule has 2 aromatic carbocycles. The zero-order valence-corrected chi connectivity index (χ0v) is 15.1. The Hall–Kier alpha value is -2.27. The van der Waals surface area contributed by atoms with E-state index in [1.165, 1.54) is 25.3 Å². The van der Waals surface area contributed by atoms with Gasteiger partial charge < -0.3 is 9.57 Å². The van der Waals surface area contributed by atoms with Gasteiger partial charge in [-0.2, -0.15) is 0 Å². The van der Waals surface area contributed by atoms with E-state index in [2.05, 4.69) is 36.3 Å². The maximum Gasteiger partial charge on any atom is 0.360 e. The van der Waals surface area contributed by atoms with Crippen LogP contribution >= 0.6 is 11.8 Å². The molecule has 0 spiro atoms. The van der Waals surface area contributed by atoms with Crippen LogP contribution in [-0.4, -0.2) is 25.9 Å². The van der Waals surface area contributed by atoms with Gasteiger partial charge in [-0.3, -0.25) is 0 Å². The summed E-state index contributed by atoms with van der Waals surface area (Å²) in [7, 11) is 2.75. The highest BCUT2D eigenvalue weighted by atomic mass is 32.2. The van der Waals surface area contributed by atoms with Crippen molar-refractivity contribution in [3.05, 3.63) is 64.7 Å². The first kappa shape index (κ1) is 18.1. The lowest BCUT2D eigenvalue weighted by Gasteiger charge is -2.13. The molecule has 0 atom stereocenters. The van der Waals surface area contributed by atoms with Gasteiger partial charge in [-0.25, -0.2) is 4.79 Å². The number of esters is 1. The molecule has 0 bridgehead atoms. The van der Waals surface area contributed by atoms with Crippen molar-refractivity contribution in [2.24, 2.45) is 5.16 Å². The monoisotopic (exact) mass is 343 g/mol. The molecule has 0 saturated heterocycles. The Balaban J connectivity index is 2.33. The SMILES string of the molecule is CON=C(C(=O)OC)c1cccc(C)c1SCc1ccc(C)cc1. The molecule has 0 fully saturated rings. The smallest absolute Gasteiger partial charge is 0.360 e. The minimum atomic E-state index is -0.514. The average Bonchev–Trinajstić information content (AvgIpc) is 2.59. The molecule has 0 aromatic heterocycles. The van der Waals surface area contributed by atoms with E-state index in [0.717, 1.165) is 21.8 Å². The maximum atomic E-state index is 12.0. The Morgan fingerprint density at radius 1 is 1.08 bits per heavy atom. The Morgan fingerprint density at radius 3 is 2.42 bits per heavy atom. The van der Waals surface area contributed by atoms with Gasteiger partial charge in [0.15, 0.2) is 5.71 Å². The zero-order valence-electron chi connectivity index (χ0n) is 14.3. The minimum absolute atomic E-state index is 0.176. The molecule has 24 heavy (non-hydrogen) atoms. The predicted octanol–water partition coefficient (Wildman–Crippen LogP) is 4.12. The summed E-state index contributed by atoms with van der Waals surface area (Å²) in [6.07, 6.45) is 0. The van der Waals surface area contributed by atoms with Crippen LogP contribution in [0, 0.1) is 13.8 Å². The summed E-state index contributed by atoms with van der Waals surface area (Å²) < 4.78 is 4.83. The predicted molar refractivity (Wildman–Crippen MR) is 97.5 cm³/mol. The fourth-order valence-corrected chi connectivity index (χ4v) is 3.37. The van der Waals surface area contributed by atoms with Crippen molar-refractivity contribution in [2.45, 2.75) is 24.5 Å². The van der Waals surface area contributed by atoms with Crippen LogP contribution in [0.1, 0.15) is 22.3 Å². The molecule has 126 valence electrons. The fourth-order valence-electron chi connectivity index (χ4n) is 2.25. The zero-order chi connectivity index (χ0) is 17.5. The Morgan fingerprint density at radius 2 is 1.79 bits per heavy atom. The van der Waals surface area contributed by atoms with Crippen molar-refractivity contribution in [3.63, 3.8) is 0 Å². The second-order valence-electron chi connectivity index (χ2n) is 5.34. The van der Waals surface area contributed by atoms with E-state index >= 15 is 0 Å². The van der Waals surface area contributed by atoms with Crippen LogP contribution in [-0.2, 0) is 20.1 Å². The number of rotatable bonds is 6. The number of thioether (sulfide) groups is 1. The standard InChI is InChI=1S/C19H21NO3S/c1-13-8-10-15(11-9-13)12-24-18-14(2)6-5-7-16(18)17(20-23-4)19(21)22-3/h5-11H,12H2,1-4H3. The highest BCUT2D eigenvalue weighted by Gasteiger charge is 2.20. The molecule has 2 rings (SSSR count). The molecule has 0 N–H and O–H groups in total. The van der Waals surface area contributed by atoms with Gasteiger partial charge in [0.25, 0.3) is 0 Å². The summed E-state index contributed by atoms with van der Waals surface area (Å²) in [6.45, 7) is 4.09. The van der Waals surface area contributed by atoms with E-state index in [4.69, 9.17) is 9.57 Å². The van der Waals surface area contributed by atoms with E-state index in [1.54, 1.807) is 11.8 Å². The first-order chi connectivity index (χ1) is 11.6. The molecular formula is C19H21NO3S. The maximum absolute atomic E-state index is 12.0. The van der Waals surface area contributed by atoms with E-state index < -0.39 is 5.97 Å². The summed E-state index contributed by atoms with van der Waals surface area (Å²) in [5.74, 6) is 0.291. The highest BCUT2D eigenvalue weighted by Crippen LogP contribution is 2.30. The van der Waals surface area contributed by atoms with Crippen LogP contribution in [0.15, 0.2) is 52.5 Å². The number of oxime groups is 1. The number of hydrogen-bond acceptors (Lipinski definition) is 5. The second kappa shape index (κ2) is 8.55. The van der Waals surface area contributed by atoms with Crippen LogP contribution < -0.4 is 0 Å². The number of aryl methyl sites for hydroxylation is 2. The van der Waals surface area contributed by atoms with E-state index in [9.17, 15) is 4.79 Å². The van der Waals surface area contributed by atoms with E-state index in [1.807, 2.05) is 25.1 Å². The van der Waals surface area contributed by atoms with E-state index in [-0.39, 0.29) is 5.71 Å². The van der Waals surface area contributed by atoms with Crippen molar-refractivity contribution in [1.82, 2.24) is 0 Å². The van der Waals surface area contributed by atoms with Crippen LogP contribution in [0.2, 0.25) is 0 Å². The minimum Gasteiger partial charge on any atom is -0.464 e. The topological polar surface area (TPSA) is 47.9 Å². The molecule has 0 aliphatic rings. The molecule has 4 nitrogen and oxygen atoms in total. The molecule has 0 unspecified atom stereocenters. The number of carbonyl (C=O) groups is 1. The molecule has 0 saturated carbocycles. The van der Waals surface area contributed by atoms with Gasteiger partial charge in [0, 0.05) is 16.2 Å². The number of benzene rings is 2. The Labute approximate surface area is 146 Å². The summed E-state index contributed by atoms with van der Waals surface area (Å²) in [4.78, 5) is 17.9. The van der Waals surface area contributed by atoms with E-state index in [0.29, 0.717) is 0 Å². The summed E-state index contributed by atoms with van der Waals surface area (Å²) in [6, 6.07) is 14.2. The van der Waals surface area contributed by atoms with Gasteiger partial charge in [0.1, 0.15) is 7.11 Å². The van der Waals surface area contributed by atoms with Gasteiger partial charge in [-0.1, -0.05) is 53.2 Å². The third-order valence-electron chi connectivity index (χ3n) is 3.53. The Kier molecular flexibility index (Phi) is 6.44. The van der Waals surface area contributed by atoms with Crippen LogP contribution in [0.5, 0.6) is 0 Å². The van der Waals surface area contributed by atoms with Crippen LogP contribution in [0.3, 0.4) is 0 Å². The average molecular weight is 343 g/mol. The quantitative estimate of drug-likeness (QED) is 0.343. The molecule has 0 aliphatic heterocycles. The normalized spacial score (nSPS) is 11.2. The fraction of sp³-hybridized carbons (Fsp3) is 0.263. The molecule has 2 aromatic rings. The number of methoxy groups -OCH3 is 1. The van der Waals surface area contributed by atoms with Gasteiger partial charge in [-0.15, -0.1) is 11.8 Å². The molecule has 0 heterocycles. The molecule has 0 radical (unpaired) electrons. The van der Waals surface area contributed by atoms with Gasteiger partial charge in [0.05, 0.1) is 7.11 Å². The lowest BCUT2D eigenvalue weighted by molar-refractivity contribution is -0.132. The third kappa shape index (κ3) is 4.38. The number of nitrogens with zero attached hydrogens (tertiary/aromatic N) is 1. The number of carbonyl (C=O) groups excluding carboxylic acids is 1. The largest absolute Gasteiger partial charge is 0.464 e. The molecule has 0 aliphatic carbocycles. The van der Waals surface area contributed by atoms with Crippen molar-refractivity contribution in [3.8, 4) is 0 Å². The number of hydrogen-bond donors (Lipinski definition) is 0. The first-order valence-corrected chi connectivity index (χ1v) is 8.53. The lowest BCUT2D eigenvalue weighted by Crippen LogP contribution is -2.18. The molecule has 0 amide bonds. The van der Waals surface area contributed by atoms with Gasteiger partial charge in [0.2, 0.25) is 0 Å². The van der Waals surface area contributed by atoms with Crippen molar-refractivity contribution in [1.29, 1.82) is 0 Å². The summed E-state index contributed by atoms with van der Waals surface area (Å²) in [5.41, 5.74) is 4.44. The lowest BCUT2D eigenvalue weighted by atomic mass is 10.1. The van der Waals surface area contributed by atoms with Crippen molar-refractivity contribution in [2.75, 3.05) is 14.2 Å². The molecule has 5 heteroatoms.